The molecule has 3 aromatic carbocycles. The Kier molecular flexibility index (Phi) is 10.2. The number of carbonyl (C=O) groups is 3. The molecule has 0 saturated carbocycles. The van der Waals surface area contributed by atoms with Gasteiger partial charge in [0, 0.05) is 50.2 Å². The molecule has 5 rings (SSSR count). The van der Waals surface area contributed by atoms with Crippen LogP contribution in [0.15, 0.2) is 72.8 Å². The van der Waals surface area contributed by atoms with Crippen molar-refractivity contribution in [3.8, 4) is 0 Å². The number of amides is 2. The number of nitrogens with zero attached hydrogens (tertiary/aromatic N) is 3. The Labute approximate surface area is 256 Å². The predicted octanol–water partition coefficient (Wildman–Crippen LogP) is 3.03. The average Bonchev–Trinajstić information content (AvgIpc) is 3.31. The Morgan fingerprint density at radius 3 is 2.16 bits per heavy atom. The molecule has 0 spiro atoms. The number of aromatic carboxylic acids is 1. The molecule has 13 heteroatoms. The first-order chi connectivity index (χ1) is 20.8. The maximum absolute atomic E-state index is 13.1. The molecule has 232 valence electrons. The van der Waals surface area contributed by atoms with Gasteiger partial charge in [0.2, 0.25) is 5.91 Å². The number of carboxylic acids is 1. The summed E-state index contributed by atoms with van der Waals surface area (Å²) in [5.41, 5.74) is 4.54. The molecule has 3 aromatic rings. The number of carboxylic acid groups (broad SMARTS) is 1. The van der Waals surface area contributed by atoms with E-state index in [1.165, 1.54) is 12.1 Å². The minimum atomic E-state index is -3.67. The highest BCUT2D eigenvalue weighted by atomic mass is 32.2. The fourth-order valence-electron chi connectivity index (χ4n) is 4.80. The summed E-state index contributed by atoms with van der Waals surface area (Å²) in [5, 5.41) is 15.5. The first kappa shape index (κ1) is 32.4. The molecule has 1 saturated heterocycles. The molecular weight excluding hydrogens is 586 g/mol. The van der Waals surface area contributed by atoms with E-state index in [2.05, 4.69) is 27.5 Å². The highest BCUT2D eigenvalue weighted by Gasteiger charge is 2.29. The highest BCUT2D eigenvalue weighted by molar-refractivity contribution is 7.85. The molecular formula is C31H35N5O7S. The third kappa shape index (κ3) is 8.51. The Morgan fingerprint density at radius 2 is 1.57 bits per heavy atom. The number of anilines is 3. The number of carbonyl (C=O) groups excluding carboxylic acids is 2. The van der Waals surface area contributed by atoms with Crippen molar-refractivity contribution in [2.45, 2.75) is 0 Å². The smallest absolute Gasteiger partial charge is 0.335 e. The van der Waals surface area contributed by atoms with Gasteiger partial charge >= 0.3 is 5.97 Å². The minimum absolute atomic E-state index is 0.0346. The second-order valence-corrected chi connectivity index (χ2v) is 12.0. The Morgan fingerprint density at radius 1 is 0.955 bits per heavy atom. The Balaban J connectivity index is 0.000000818. The number of piperazine rings is 1. The summed E-state index contributed by atoms with van der Waals surface area (Å²) in [4.78, 5) is 43.5. The number of hydrogen-bond acceptors (Lipinski definition) is 8. The van der Waals surface area contributed by atoms with Gasteiger partial charge in [-0.1, -0.05) is 36.4 Å². The van der Waals surface area contributed by atoms with Crippen LogP contribution in [0.1, 0.15) is 21.5 Å². The SMILES string of the molecule is CN1CCN(CC(=O)N(C)c2ccc(N/C(=C3\C(=O)Nc4cc(C(=O)O)ccc43)c3ccccc3)cc2)CC1.CS(=O)(=O)O. The van der Waals surface area contributed by atoms with Crippen LogP contribution in [0.3, 0.4) is 0 Å². The standard InChI is InChI=1S/C30H31N5O4.CH4O3S/c1-33-14-16-35(17-15-33)19-26(36)34(2)23-11-9-22(10-12-23)31-28(20-6-4-3-5-7-20)27-24-13-8-21(30(38)39)18-25(24)32-29(27)37;1-5(2,3)4/h3-13,18,31H,14-17,19H2,1-2H3,(H,32,37)(H,38,39);1H3,(H,2,3,4)/b28-27-;. The maximum Gasteiger partial charge on any atom is 0.335 e. The van der Waals surface area contributed by atoms with Crippen molar-refractivity contribution in [1.82, 2.24) is 9.80 Å². The van der Waals surface area contributed by atoms with E-state index in [1.807, 2.05) is 54.6 Å². The minimum Gasteiger partial charge on any atom is -0.478 e. The molecule has 44 heavy (non-hydrogen) atoms. The summed E-state index contributed by atoms with van der Waals surface area (Å²) in [7, 11) is 0.205. The van der Waals surface area contributed by atoms with Gasteiger partial charge in [0.05, 0.1) is 35.3 Å². The van der Waals surface area contributed by atoms with E-state index in [0.717, 1.165) is 43.1 Å². The monoisotopic (exact) mass is 621 g/mol. The Hall–Kier alpha value is -4.56. The second kappa shape index (κ2) is 13.8. The van der Waals surface area contributed by atoms with Gasteiger partial charge in [-0.3, -0.25) is 19.0 Å². The quantitative estimate of drug-likeness (QED) is 0.228. The molecule has 4 N–H and O–H groups in total. The van der Waals surface area contributed by atoms with Crippen LogP contribution < -0.4 is 15.5 Å². The molecule has 2 aliphatic heterocycles. The number of fused-ring (bicyclic) bond motifs is 1. The van der Waals surface area contributed by atoms with Crippen LogP contribution in [0.25, 0.3) is 11.3 Å². The lowest BCUT2D eigenvalue weighted by molar-refractivity contribution is -0.119. The lowest BCUT2D eigenvalue weighted by Crippen LogP contribution is -2.48. The van der Waals surface area contributed by atoms with Crippen LogP contribution in [-0.2, 0) is 19.7 Å². The first-order valence-corrected chi connectivity index (χ1v) is 15.6. The van der Waals surface area contributed by atoms with E-state index in [-0.39, 0.29) is 17.4 Å². The highest BCUT2D eigenvalue weighted by Crippen LogP contribution is 2.38. The van der Waals surface area contributed by atoms with Gasteiger partial charge in [0.25, 0.3) is 16.0 Å². The topological polar surface area (TPSA) is 160 Å². The van der Waals surface area contributed by atoms with Crippen molar-refractivity contribution in [2.24, 2.45) is 0 Å². The molecule has 0 unspecified atom stereocenters. The summed E-state index contributed by atoms with van der Waals surface area (Å²) in [6.45, 7) is 4.06. The molecule has 2 aliphatic rings. The number of likely N-dealkylation sites (N-methyl/N-ethyl adjacent to an activating group) is 2. The van der Waals surface area contributed by atoms with Crippen LogP contribution >= 0.6 is 0 Å². The summed E-state index contributed by atoms with van der Waals surface area (Å²) in [5.74, 6) is -1.34. The molecule has 0 aliphatic carbocycles. The molecule has 1 fully saturated rings. The van der Waals surface area contributed by atoms with E-state index in [4.69, 9.17) is 4.55 Å². The Bertz CT molecular complexity index is 1660. The van der Waals surface area contributed by atoms with Gasteiger partial charge in [0.15, 0.2) is 0 Å². The average molecular weight is 622 g/mol. The van der Waals surface area contributed by atoms with Crippen LogP contribution in [0.2, 0.25) is 0 Å². The zero-order valence-corrected chi connectivity index (χ0v) is 25.5. The third-order valence-corrected chi connectivity index (χ3v) is 7.18. The molecule has 2 amide bonds. The van der Waals surface area contributed by atoms with Crippen molar-refractivity contribution in [1.29, 1.82) is 0 Å². The third-order valence-electron chi connectivity index (χ3n) is 7.18. The largest absolute Gasteiger partial charge is 0.478 e. The van der Waals surface area contributed by atoms with E-state index >= 15 is 0 Å². The van der Waals surface area contributed by atoms with E-state index < -0.39 is 16.1 Å². The van der Waals surface area contributed by atoms with Crippen molar-refractivity contribution < 1.29 is 32.5 Å². The summed E-state index contributed by atoms with van der Waals surface area (Å²) in [6, 6.07) is 21.6. The zero-order valence-electron chi connectivity index (χ0n) is 24.6. The number of benzene rings is 3. The first-order valence-electron chi connectivity index (χ1n) is 13.8. The number of rotatable bonds is 7. The van der Waals surface area contributed by atoms with Gasteiger partial charge in [-0.15, -0.1) is 0 Å². The summed E-state index contributed by atoms with van der Waals surface area (Å²) in [6.07, 6.45) is 0.715. The second-order valence-electron chi connectivity index (χ2n) is 10.6. The maximum atomic E-state index is 13.1. The van der Waals surface area contributed by atoms with E-state index in [0.29, 0.717) is 35.3 Å². The predicted molar refractivity (Wildman–Crippen MR) is 170 cm³/mol. The van der Waals surface area contributed by atoms with Gasteiger partial charge < -0.3 is 25.5 Å². The van der Waals surface area contributed by atoms with Crippen molar-refractivity contribution in [3.05, 3.63) is 89.5 Å². The summed E-state index contributed by atoms with van der Waals surface area (Å²) < 4.78 is 25.9. The number of nitrogens with one attached hydrogen (secondary N) is 2. The lowest BCUT2D eigenvalue weighted by Gasteiger charge is -2.32. The van der Waals surface area contributed by atoms with Gasteiger partial charge in [-0.2, -0.15) is 8.42 Å². The lowest BCUT2D eigenvalue weighted by atomic mass is 9.99. The fourth-order valence-corrected chi connectivity index (χ4v) is 4.80. The van der Waals surface area contributed by atoms with Gasteiger partial charge in [-0.05, 0) is 49.0 Å². The zero-order chi connectivity index (χ0) is 32.0. The summed E-state index contributed by atoms with van der Waals surface area (Å²) >= 11 is 0. The van der Waals surface area contributed by atoms with Crippen LogP contribution in [0.5, 0.6) is 0 Å². The molecule has 0 aromatic heterocycles. The normalized spacial score (nSPS) is 16.2. The fraction of sp³-hybridized carbons (Fsp3) is 0.258. The van der Waals surface area contributed by atoms with Crippen molar-refractivity contribution in [3.63, 3.8) is 0 Å². The van der Waals surface area contributed by atoms with Gasteiger partial charge in [-0.25, -0.2) is 4.79 Å². The van der Waals surface area contributed by atoms with Gasteiger partial charge in [0.1, 0.15) is 0 Å². The molecule has 0 atom stereocenters. The van der Waals surface area contributed by atoms with Crippen molar-refractivity contribution >= 4 is 56.2 Å². The number of hydrogen-bond donors (Lipinski definition) is 4. The van der Waals surface area contributed by atoms with Crippen molar-refractivity contribution in [2.75, 3.05) is 68.6 Å². The van der Waals surface area contributed by atoms with E-state index in [1.54, 1.807) is 18.0 Å². The van der Waals surface area contributed by atoms with Crippen LogP contribution in [0, 0.1) is 0 Å². The molecule has 0 bridgehead atoms. The molecule has 12 nitrogen and oxygen atoms in total. The van der Waals surface area contributed by atoms with Crippen LogP contribution in [-0.4, -0.2) is 98.7 Å². The molecule has 0 radical (unpaired) electrons. The molecule has 2 heterocycles. The van der Waals surface area contributed by atoms with E-state index in [9.17, 15) is 27.9 Å². The van der Waals surface area contributed by atoms with Crippen LogP contribution in [0.4, 0.5) is 17.1 Å².